The molecule has 2 aromatic carbocycles. The molecule has 27 heavy (non-hydrogen) atoms. The van der Waals surface area contributed by atoms with Crippen LogP contribution < -0.4 is 16.0 Å². The van der Waals surface area contributed by atoms with Gasteiger partial charge in [-0.25, -0.2) is 14.5 Å². The fraction of sp³-hybridized carbons (Fsp3) is 0.118. The van der Waals surface area contributed by atoms with Crippen molar-refractivity contribution in [2.45, 2.75) is 13.5 Å². The number of anilines is 1. The molecule has 0 unspecified atom stereocenters. The van der Waals surface area contributed by atoms with E-state index < -0.39 is 0 Å². The largest absolute Gasteiger partial charge is 0.487 e. The topological polar surface area (TPSA) is 90.4 Å². The number of nitrogens with two attached hydrogens (primary N) is 1. The summed E-state index contributed by atoms with van der Waals surface area (Å²) in [6.07, 6.45) is 1.53. The van der Waals surface area contributed by atoms with E-state index in [9.17, 15) is 4.39 Å². The number of hydrogen-bond acceptors (Lipinski definition) is 6. The van der Waals surface area contributed by atoms with Crippen molar-refractivity contribution < 1.29 is 9.13 Å². The van der Waals surface area contributed by atoms with Gasteiger partial charge in [-0.05, 0) is 36.8 Å². The average Bonchev–Trinajstić information content (AvgIpc) is 2.94. The van der Waals surface area contributed by atoms with Gasteiger partial charge in [-0.2, -0.15) is 5.10 Å². The fourth-order valence-corrected chi connectivity index (χ4v) is 3.06. The van der Waals surface area contributed by atoms with E-state index in [0.29, 0.717) is 28.1 Å². The summed E-state index contributed by atoms with van der Waals surface area (Å²) in [5.41, 5.74) is 4.14. The maximum Gasteiger partial charge on any atom is 0.263 e. The molecular formula is C17H15BrClFN6O. The Morgan fingerprint density at radius 3 is 2.74 bits per heavy atom. The van der Waals surface area contributed by atoms with Gasteiger partial charge in [-0.15, -0.1) is 10.2 Å². The number of aromatic nitrogens is 3. The molecule has 0 spiro atoms. The standard InChI is InChI=1S/C17H15BrClFN6O/c1-10-23-25-17(26(10)21)24-22-8-12-6-13(18)7-15(19)16(12)27-9-11-2-4-14(20)5-3-11/h2-8H,9,21H2,1H3,(H,24,25)/b22-8-. The highest BCUT2D eigenvalue weighted by atomic mass is 79.9. The van der Waals surface area contributed by atoms with Crippen molar-refractivity contribution in [2.24, 2.45) is 5.10 Å². The molecule has 0 aliphatic heterocycles. The SMILES string of the molecule is Cc1nnc(N/N=C\c2cc(Br)cc(Cl)c2OCc2ccc(F)cc2)n1N. The molecule has 0 radical (unpaired) electrons. The van der Waals surface area contributed by atoms with Gasteiger partial charge in [0.05, 0.1) is 11.2 Å². The van der Waals surface area contributed by atoms with Crippen molar-refractivity contribution in [1.29, 1.82) is 0 Å². The number of nitrogen functional groups attached to an aromatic ring is 1. The Bertz CT molecular complexity index is 976. The van der Waals surface area contributed by atoms with E-state index >= 15 is 0 Å². The third-order valence-electron chi connectivity index (χ3n) is 3.57. The van der Waals surface area contributed by atoms with Crippen molar-refractivity contribution in [2.75, 3.05) is 11.3 Å². The van der Waals surface area contributed by atoms with Crippen molar-refractivity contribution in [3.05, 3.63) is 68.7 Å². The Kier molecular flexibility index (Phi) is 5.92. The van der Waals surface area contributed by atoms with E-state index in [-0.39, 0.29) is 12.4 Å². The van der Waals surface area contributed by atoms with Gasteiger partial charge < -0.3 is 10.6 Å². The van der Waals surface area contributed by atoms with E-state index in [1.807, 2.05) is 0 Å². The highest BCUT2D eigenvalue weighted by molar-refractivity contribution is 9.10. The zero-order chi connectivity index (χ0) is 19.4. The molecule has 0 atom stereocenters. The lowest BCUT2D eigenvalue weighted by Crippen LogP contribution is -2.13. The lowest BCUT2D eigenvalue weighted by atomic mass is 10.2. The summed E-state index contributed by atoms with van der Waals surface area (Å²) in [7, 11) is 0. The molecule has 7 nitrogen and oxygen atoms in total. The second-order valence-corrected chi connectivity index (χ2v) is 6.85. The van der Waals surface area contributed by atoms with Crippen LogP contribution in [0, 0.1) is 12.7 Å². The normalized spacial score (nSPS) is 11.1. The van der Waals surface area contributed by atoms with Crippen molar-refractivity contribution >= 4 is 39.7 Å². The molecule has 3 N–H and O–H groups in total. The van der Waals surface area contributed by atoms with Crippen LogP contribution in [0.3, 0.4) is 0 Å². The van der Waals surface area contributed by atoms with Crippen molar-refractivity contribution in [1.82, 2.24) is 14.9 Å². The van der Waals surface area contributed by atoms with Crippen LogP contribution in [0.25, 0.3) is 0 Å². The van der Waals surface area contributed by atoms with Crippen LogP contribution >= 0.6 is 27.5 Å². The first-order valence-electron chi connectivity index (χ1n) is 7.76. The number of ether oxygens (including phenoxy) is 1. The average molecular weight is 454 g/mol. The van der Waals surface area contributed by atoms with E-state index in [2.05, 4.69) is 36.7 Å². The van der Waals surface area contributed by atoms with Crippen LogP contribution in [0.2, 0.25) is 5.02 Å². The summed E-state index contributed by atoms with van der Waals surface area (Å²) in [5, 5.41) is 12.2. The van der Waals surface area contributed by atoms with E-state index in [0.717, 1.165) is 10.0 Å². The summed E-state index contributed by atoms with van der Waals surface area (Å²) in [6.45, 7) is 1.95. The van der Waals surface area contributed by atoms with Crippen LogP contribution in [-0.4, -0.2) is 21.1 Å². The predicted molar refractivity (Wildman–Crippen MR) is 106 cm³/mol. The molecule has 140 valence electrons. The molecule has 0 saturated heterocycles. The first-order chi connectivity index (χ1) is 12.9. The summed E-state index contributed by atoms with van der Waals surface area (Å²) in [6, 6.07) is 9.56. The van der Waals surface area contributed by atoms with Crippen LogP contribution in [0.1, 0.15) is 17.0 Å². The number of rotatable bonds is 6. The Morgan fingerprint density at radius 1 is 1.33 bits per heavy atom. The molecule has 3 rings (SSSR count). The minimum atomic E-state index is -0.303. The molecule has 3 aromatic rings. The van der Waals surface area contributed by atoms with Crippen molar-refractivity contribution in [3.8, 4) is 5.75 Å². The molecule has 0 amide bonds. The summed E-state index contributed by atoms with van der Waals surface area (Å²) >= 11 is 9.70. The lowest BCUT2D eigenvalue weighted by molar-refractivity contribution is 0.306. The number of hydrogen-bond donors (Lipinski definition) is 2. The monoisotopic (exact) mass is 452 g/mol. The molecule has 0 aliphatic rings. The van der Waals surface area contributed by atoms with Gasteiger partial charge in [-0.3, -0.25) is 0 Å². The highest BCUT2D eigenvalue weighted by Gasteiger charge is 2.10. The zero-order valence-electron chi connectivity index (χ0n) is 14.2. The first kappa shape index (κ1) is 19.1. The molecule has 1 aromatic heterocycles. The summed E-state index contributed by atoms with van der Waals surface area (Å²) < 4.78 is 20.9. The van der Waals surface area contributed by atoms with E-state index in [1.54, 1.807) is 31.2 Å². The summed E-state index contributed by atoms with van der Waals surface area (Å²) in [5.74, 6) is 6.73. The molecule has 0 bridgehead atoms. The molecule has 0 aliphatic carbocycles. The number of nitrogens with zero attached hydrogens (tertiary/aromatic N) is 4. The van der Waals surface area contributed by atoms with Gasteiger partial charge in [0.25, 0.3) is 5.95 Å². The molecule has 10 heteroatoms. The predicted octanol–water partition coefficient (Wildman–Crippen LogP) is 3.88. The molecule has 0 saturated carbocycles. The Morgan fingerprint density at radius 2 is 2.07 bits per heavy atom. The number of benzene rings is 2. The maximum absolute atomic E-state index is 13.0. The summed E-state index contributed by atoms with van der Waals surface area (Å²) in [4.78, 5) is 0. The van der Waals surface area contributed by atoms with Crippen LogP contribution in [0.15, 0.2) is 46.0 Å². The maximum atomic E-state index is 13.0. The third kappa shape index (κ3) is 4.75. The van der Waals surface area contributed by atoms with E-state index in [4.69, 9.17) is 22.2 Å². The quantitative estimate of drug-likeness (QED) is 0.336. The lowest BCUT2D eigenvalue weighted by Gasteiger charge is -2.12. The number of nitrogens with one attached hydrogen (secondary N) is 1. The number of halogens is 3. The van der Waals surface area contributed by atoms with Crippen LogP contribution in [0.4, 0.5) is 10.3 Å². The second kappa shape index (κ2) is 8.36. The number of aryl methyl sites for hydroxylation is 1. The van der Waals surface area contributed by atoms with Gasteiger partial charge in [0.15, 0.2) is 5.82 Å². The van der Waals surface area contributed by atoms with Gasteiger partial charge in [0.1, 0.15) is 18.2 Å². The van der Waals surface area contributed by atoms with Gasteiger partial charge >= 0.3 is 0 Å². The molecular weight excluding hydrogens is 439 g/mol. The Balaban J connectivity index is 1.78. The molecule has 0 fully saturated rings. The second-order valence-electron chi connectivity index (χ2n) is 5.53. The van der Waals surface area contributed by atoms with E-state index in [1.165, 1.54) is 23.0 Å². The molecule has 1 heterocycles. The van der Waals surface area contributed by atoms with Gasteiger partial charge in [0.2, 0.25) is 0 Å². The Labute approximate surface area is 168 Å². The fourth-order valence-electron chi connectivity index (χ4n) is 2.17. The smallest absolute Gasteiger partial charge is 0.263 e. The first-order valence-corrected chi connectivity index (χ1v) is 8.93. The third-order valence-corrected chi connectivity index (χ3v) is 4.31. The van der Waals surface area contributed by atoms with Crippen LogP contribution in [0.5, 0.6) is 5.75 Å². The minimum Gasteiger partial charge on any atom is -0.487 e. The zero-order valence-corrected chi connectivity index (χ0v) is 16.5. The highest BCUT2D eigenvalue weighted by Crippen LogP contribution is 2.32. The Hall–Kier alpha value is -2.65. The van der Waals surface area contributed by atoms with Gasteiger partial charge in [0, 0.05) is 10.0 Å². The number of hydrazone groups is 1. The minimum absolute atomic E-state index is 0.228. The van der Waals surface area contributed by atoms with Crippen molar-refractivity contribution in [3.63, 3.8) is 0 Å². The van der Waals surface area contributed by atoms with Crippen LogP contribution in [-0.2, 0) is 6.61 Å². The van der Waals surface area contributed by atoms with Gasteiger partial charge in [-0.1, -0.05) is 39.7 Å².